The van der Waals surface area contributed by atoms with Gasteiger partial charge >= 0.3 is 5.97 Å². The van der Waals surface area contributed by atoms with Crippen LogP contribution >= 0.6 is 0 Å². The minimum atomic E-state index is -0.467. The van der Waals surface area contributed by atoms with Crippen LogP contribution in [-0.2, 0) is 25.7 Å². The first-order valence-corrected chi connectivity index (χ1v) is 7.78. The van der Waals surface area contributed by atoms with Gasteiger partial charge in [-0.05, 0) is 25.3 Å². The third-order valence-corrected chi connectivity index (χ3v) is 3.32. The van der Waals surface area contributed by atoms with Gasteiger partial charge in [-0.2, -0.15) is 0 Å². The maximum absolute atomic E-state index is 11.7. The zero-order valence-corrected chi connectivity index (χ0v) is 13.2. The van der Waals surface area contributed by atoms with E-state index in [-0.39, 0.29) is 24.6 Å². The average molecular weight is 304 g/mol. The van der Waals surface area contributed by atoms with E-state index in [4.69, 9.17) is 4.74 Å². The van der Waals surface area contributed by atoms with Crippen LogP contribution in [0.1, 0.15) is 57.4 Å². The molecular formula is C18H24O4. The first-order valence-electron chi connectivity index (χ1n) is 7.78. The smallest absolute Gasteiger partial charge is 0.313 e. The number of Topliss-reactive ketones (excluding diaryl/α,β-unsaturated/α-hetero) is 2. The highest BCUT2D eigenvalue weighted by Crippen LogP contribution is 2.08. The van der Waals surface area contributed by atoms with Crippen LogP contribution in [0.3, 0.4) is 0 Å². The molecule has 0 atom stereocenters. The van der Waals surface area contributed by atoms with E-state index >= 15 is 0 Å². The maximum Gasteiger partial charge on any atom is 0.313 e. The summed E-state index contributed by atoms with van der Waals surface area (Å²) in [6, 6.07) is 9.39. The lowest BCUT2D eigenvalue weighted by molar-refractivity contribution is -0.147. The van der Waals surface area contributed by atoms with Gasteiger partial charge in [-0.3, -0.25) is 9.59 Å². The number of ketones is 2. The summed E-state index contributed by atoms with van der Waals surface area (Å²) < 4.78 is 5.07. The predicted molar refractivity (Wildman–Crippen MR) is 84.2 cm³/mol. The van der Waals surface area contributed by atoms with E-state index in [1.165, 1.54) is 0 Å². The molecule has 0 aliphatic heterocycles. The van der Waals surface area contributed by atoms with Gasteiger partial charge in [0, 0.05) is 12.8 Å². The molecule has 0 radical (unpaired) electrons. The second-order valence-corrected chi connectivity index (χ2v) is 5.48. The third kappa shape index (κ3) is 9.06. The van der Waals surface area contributed by atoms with E-state index in [0.29, 0.717) is 12.8 Å². The summed E-state index contributed by atoms with van der Waals surface area (Å²) in [5.74, 6) is -0.340. The molecule has 0 aliphatic rings. The summed E-state index contributed by atoms with van der Waals surface area (Å²) in [5, 5.41) is 0. The summed E-state index contributed by atoms with van der Waals surface area (Å²) in [6.45, 7) is 1.79. The van der Waals surface area contributed by atoms with Crippen molar-refractivity contribution in [2.45, 2.75) is 58.5 Å². The Balaban J connectivity index is 2.06. The average Bonchev–Trinajstić information content (AvgIpc) is 2.49. The second-order valence-electron chi connectivity index (χ2n) is 5.48. The number of ether oxygens (including phenoxy) is 1. The SMILES string of the molecule is CC(=O)CCCCCCC(=O)CC(=O)OCc1ccccc1. The van der Waals surface area contributed by atoms with Crippen molar-refractivity contribution in [3.05, 3.63) is 35.9 Å². The fraction of sp³-hybridized carbons (Fsp3) is 0.500. The predicted octanol–water partition coefficient (Wildman–Crippen LogP) is 3.62. The summed E-state index contributed by atoms with van der Waals surface area (Å²) >= 11 is 0. The maximum atomic E-state index is 11.7. The number of carbonyl (C=O) groups is 3. The molecule has 0 unspecified atom stereocenters. The Morgan fingerprint density at radius 3 is 2.18 bits per heavy atom. The Labute approximate surface area is 131 Å². The normalized spacial score (nSPS) is 10.2. The molecule has 0 N–H and O–H groups in total. The highest BCUT2D eigenvalue weighted by atomic mass is 16.5. The fourth-order valence-electron chi connectivity index (χ4n) is 2.09. The van der Waals surface area contributed by atoms with E-state index in [0.717, 1.165) is 31.2 Å². The molecule has 0 fully saturated rings. The third-order valence-electron chi connectivity index (χ3n) is 3.32. The van der Waals surface area contributed by atoms with Gasteiger partial charge in [0.25, 0.3) is 0 Å². The second kappa shape index (κ2) is 10.7. The molecule has 0 aromatic heterocycles. The first-order chi connectivity index (χ1) is 10.6. The van der Waals surface area contributed by atoms with Crippen LogP contribution in [0.15, 0.2) is 30.3 Å². The molecule has 0 amide bonds. The summed E-state index contributed by atoms with van der Waals surface area (Å²) in [6.07, 6.45) is 4.37. The van der Waals surface area contributed by atoms with Crippen molar-refractivity contribution >= 4 is 17.5 Å². The van der Waals surface area contributed by atoms with Crippen molar-refractivity contribution < 1.29 is 19.1 Å². The Morgan fingerprint density at radius 2 is 1.55 bits per heavy atom. The lowest BCUT2D eigenvalue weighted by Crippen LogP contribution is -2.11. The number of hydrogen-bond acceptors (Lipinski definition) is 4. The molecule has 4 heteroatoms. The van der Waals surface area contributed by atoms with Gasteiger partial charge in [-0.25, -0.2) is 0 Å². The Hall–Kier alpha value is -1.97. The number of hydrogen-bond donors (Lipinski definition) is 0. The number of esters is 1. The minimum absolute atomic E-state index is 0.0790. The van der Waals surface area contributed by atoms with Crippen molar-refractivity contribution in [3.63, 3.8) is 0 Å². The van der Waals surface area contributed by atoms with Crippen LogP contribution in [0, 0.1) is 0 Å². The molecule has 120 valence electrons. The lowest BCUT2D eigenvalue weighted by atomic mass is 10.1. The zero-order chi connectivity index (χ0) is 16.2. The first kappa shape index (κ1) is 18.1. The monoisotopic (exact) mass is 304 g/mol. The molecule has 1 rings (SSSR count). The highest BCUT2D eigenvalue weighted by molar-refractivity contribution is 5.95. The van der Waals surface area contributed by atoms with Crippen molar-refractivity contribution in [3.8, 4) is 0 Å². The summed E-state index contributed by atoms with van der Waals surface area (Å²) in [7, 11) is 0. The standard InChI is InChI=1S/C18H24O4/c1-15(19)9-5-2-3-8-12-17(20)13-18(21)22-14-16-10-6-4-7-11-16/h4,6-7,10-11H,2-3,5,8-9,12-14H2,1H3. The van der Waals surface area contributed by atoms with Crippen molar-refractivity contribution in [2.75, 3.05) is 0 Å². The number of rotatable bonds is 11. The molecule has 1 aromatic carbocycles. The van der Waals surface area contributed by atoms with Crippen LogP contribution in [0.25, 0.3) is 0 Å². The molecule has 0 heterocycles. The van der Waals surface area contributed by atoms with Gasteiger partial charge in [0.05, 0.1) is 0 Å². The van der Waals surface area contributed by atoms with Crippen LogP contribution in [0.5, 0.6) is 0 Å². The van der Waals surface area contributed by atoms with Crippen LogP contribution in [0.2, 0.25) is 0 Å². The molecule has 0 aliphatic carbocycles. The van der Waals surface area contributed by atoms with E-state index in [1.807, 2.05) is 30.3 Å². The number of carbonyl (C=O) groups excluding carboxylic acids is 3. The molecule has 0 saturated heterocycles. The van der Waals surface area contributed by atoms with E-state index in [2.05, 4.69) is 0 Å². The summed E-state index contributed by atoms with van der Waals surface area (Å²) in [4.78, 5) is 34.0. The summed E-state index contributed by atoms with van der Waals surface area (Å²) in [5.41, 5.74) is 0.911. The van der Waals surface area contributed by atoms with Crippen molar-refractivity contribution in [1.29, 1.82) is 0 Å². The Kier molecular flexibility index (Phi) is 8.80. The molecule has 4 nitrogen and oxygen atoms in total. The number of unbranched alkanes of at least 4 members (excludes halogenated alkanes) is 3. The van der Waals surface area contributed by atoms with Crippen molar-refractivity contribution in [1.82, 2.24) is 0 Å². The Morgan fingerprint density at radius 1 is 0.909 bits per heavy atom. The quantitative estimate of drug-likeness (QED) is 0.356. The van der Waals surface area contributed by atoms with Gasteiger partial charge in [0.1, 0.15) is 24.6 Å². The van der Waals surface area contributed by atoms with Gasteiger partial charge in [-0.1, -0.05) is 43.2 Å². The zero-order valence-electron chi connectivity index (χ0n) is 13.2. The minimum Gasteiger partial charge on any atom is -0.460 e. The number of benzene rings is 1. The molecular weight excluding hydrogens is 280 g/mol. The highest BCUT2D eigenvalue weighted by Gasteiger charge is 2.10. The molecule has 1 aromatic rings. The van der Waals surface area contributed by atoms with Crippen LogP contribution < -0.4 is 0 Å². The van der Waals surface area contributed by atoms with Gasteiger partial charge in [0.15, 0.2) is 0 Å². The lowest BCUT2D eigenvalue weighted by Gasteiger charge is -2.04. The van der Waals surface area contributed by atoms with Gasteiger partial charge in [0.2, 0.25) is 0 Å². The Bertz CT molecular complexity index is 479. The van der Waals surface area contributed by atoms with E-state index in [1.54, 1.807) is 6.92 Å². The molecule has 22 heavy (non-hydrogen) atoms. The molecule has 0 spiro atoms. The topological polar surface area (TPSA) is 60.4 Å². The molecule has 0 bridgehead atoms. The van der Waals surface area contributed by atoms with Gasteiger partial charge < -0.3 is 9.53 Å². The fourth-order valence-corrected chi connectivity index (χ4v) is 2.09. The molecule has 0 saturated carbocycles. The largest absolute Gasteiger partial charge is 0.460 e. The van der Waals surface area contributed by atoms with E-state index in [9.17, 15) is 14.4 Å². The van der Waals surface area contributed by atoms with Crippen LogP contribution in [-0.4, -0.2) is 17.5 Å². The van der Waals surface area contributed by atoms with E-state index < -0.39 is 5.97 Å². The van der Waals surface area contributed by atoms with Crippen LogP contribution in [0.4, 0.5) is 0 Å². The van der Waals surface area contributed by atoms with Gasteiger partial charge in [-0.15, -0.1) is 0 Å². The van der Waals surface area contributed by atoms with Crippen molar-refractivity contribution in [2.24, 2.45) is 0 Å².